The molecule has 7 heteroatoms. The lowest BCUT2D eigenvalue weighted by molar-refractivity contribution is -0.133. The zero-order chi connectivity index (χ0) is 19.2. The molecule has 2 aromatic rings. The molecular formula is C20H23FN4O2. The lowest BCUT2D eigenvalue weighted by atomic mass is 10.1. The third-order valence-electron chi connectivity index (χ3n) is 4.53. The van der Waals surface area contributed by atoms with Crippen molar-refractivity contribution in [3.63, 3.8) is 0 Å². The van der Waals surface area contributed by atoms with Crippen molar-refractivity contribution in [2.75, 3.05) is 6.54 Å². The highest BCUT2D eigenvalue weighted by Gasteiger charge is 2.36. The maximum absolute atomic E-state index is 12.9. The first kappa shape index (κ1) is 18.8. The number of hydrogen-bond acceptors (Lipinski definition) is 3. The molecule has 6 nitrogen and oxygen atoms in total. The van der Waals surface area contributed by atoms with Gasteiger partial charge < -0.3 is 15.5 Å². The van der Waals surface area contributed by atoms with Crippen LogP contribution in [-0.4, -0.2) is 34.4 Å². The summed E-state index contributed by atoms with van der Waals surface area (Å²) in [7, 11) is 0. The van der Waals surface area contributed by atoms with Gasteiger partial charge in [0.1, 0.15) is 5.82 Å². The van der Waals surface area contributed by atoms with E-state index in [2.05, 4.69) is 15.6 Å². The van der Waals surface area contributed by atoms with Gasteiger partial charge in [-0.2, -0.15) is 0 Å². The zero-order valence-corrected chi connectivity index (χ0v) is 15.2. The summed E-state index contributed by atoms with van der Waals surface area (Å²) in [5.74, 6) is -0.455. The van der Waals surface area contributed by atoms with Gasteiger partial charge in [0.25, 0.3) is 0 Å². The number of pyridine rings is 1. The molecule has 0 aliphatic heterocycles. The van der Waals surface area contributed by atoms with Gasteiger partial charge in [-0.25, -0.2) is 9.18 Å². The van der Waals surface area contributed by atoms with Crippen LogP contribution in [0.1, 0.15) is 37.1 Å². The van der Waals surface area contributed by atoms with Crippen molar-refractivity contribution < 1.29 is 14.0 Å². The molecule has 1 saturated carbocycles. The smallest absolute Gasteiger partial charge is 0.315 e. The summed E-state index contributed by atoms with van der Waals surface area (Å²) in [6.07, 6.45) is 3.65. The van der Waals surface area contributed by atoms with Crippen LogP contribution in [0.2, 0.25) is 0 Å². The van der Waals surface area contributed by atoms with Gasteiger partial charge in [-0.15, -0.1) is 0 Å². The van der Waals surface area contributed by atoms with E-state index in [1.807, 2.05) is 30.0 Å². The summed E-state index contributed by atoms with van der Waals surface area (Å²) in [5, 5.41) is 5.26. The van der Waals surface area contributed by atoms with Crippen molar-refractivity contribution >= 4 is 11.9 Å². The standard InChI is InChI=1S/C20H23FN4O2/c1-14(18-4-2-3-11-22-18)25(17-9-10-17)19(26)13-24-20(27)23-12-15-5-7-16(21)8-6-15/h2-8,11,14,17H,9-10,12-13H2,1H3,(H2,23,24,27). The first-order chi connectivity index (χ1) is 13.0. The number of carbonyl (C=O) groups excluding carboxylic acids is 2. The van der Waals surface area contributed by atoms with Crippen molar-refractivity contribution in [3.8, 4) is 0 Å². The average Bonchev–Trinajstić information content (AvgIpc) is 3.51. The fraction of sp³-hybridized carbons (Fsp3) is 0.350. The molecule has 3 rings (SSSR count). The van der Waals surface area contributed by atoms with E-state index in [4.69, 9.17) is 0 Å². The van der Waals surface area contributed by atoms with Crippen LogP contribution in [-0.2, 0) is 11.3 Å². The fourth-order valence-electron chi connectivity index (χ4n) is 2.95. The van der Waals surface area contributed by atoms with Gasteiger partial charge in [0.05, 0.1) is 18.3 Å². The highest BCUT2D eigenvalue weighted by atomic mass is 19.1. The second-order valence-electron chi connectivity index (χ2n) is 6.63. The highest BCUT2D eigenvalue weighted by molar-refractivity contribution is 5.84. The van der Waals surface area contributed by atoms with E-state index in [9.17, 15) is 14.0 Å². The molecule has 1 aromatic heterocycles. The molecule has 27 heavy (non-hydrogen) atoms. The quantitative estimate of drug-likeness (QED) is 0.787. The van der Waals surface area contributed by atoms with Crippen molar-refractivity contribution in [3.05, 3.63) is 65.7 Å². The topological polar surface area (TPSA) is 74.3 Å². The average molecular weight is 370 g/mol. The largest absolute Gasteiger partial charge is 0.334 e. The molecular weight excluding hydrogens is 347 g/mol. The van der Waals surface area contributed by atoms with Crippen molar-refractivity contribution in [2.24, 2.45) is 0 Å². The predicted molar refractivity (Wildman–Crippen MR) is 99.2 cm³/mol. The van der Waals surface area contributed by atoms with E-state index < -0.39 is 6.03 Å². The number of nitrogens with zero attached hydrogens (tertiary/aromatic N) is 2. The minimum absolute atomic E-state index is 0.0804. The van der Waals surface area contributed by atoms with Gasteiger partial charge in [-0.1, -0.05) is 18.2 Å². The minimum Gasteiger partial charge on any atom is -0.334 e. The van der Waals surface area contributed by atoms with Gasteiger partial charge in [-0.3, -0.25) is 9.78 Å². The van der Waals surface area contributed by atoms with E-state index in [0.29, 0.717) is 0 Å². The lowest BCUT2D eigenvalue weighted by Gasteiger charge is -2.29. The number of carbonyl (C=O) groups is 2. The van der Waals surface area contributed by atoms with Crippen LogP contribution in [0, 0.1) is 5.82 Å². The van der Waals surface area contributed by atoms with E-state index in [1.54, 1.807) is 18.3 Å². The Balaban J connectivity index is 1.50. The number of aromatic nitrogens is 1. The Morgan fingerprint density at radius 2 is 1.93 bits per heavy atom. The van der Waals surface area contributed by atoms with E-state index >= 15 is 0 Å². The minimum atomic E-state index is -0.436. The van der Waals surface area contributed by atoms with Crippen LogP contribution < -0.4 is 10.6 Å². The molecule has 0 spiro atoms. The number of halogens is 1. The van der Waals surface area contributed by atoms with Crippen LogP contribution in [0.5, 0.6) is 0 Å². The van der Waals surface area contributed by atoms with Crippen molar-refractivity contribution in [1.82, 2.24) is 20.5 Å². The van der Waals surface area contributed by atoms with E-state index in [1.165, 1.54) is 12.1 Å². The summed E-state index contributed by atoms with van der Waals surface area (Å²) in [6.45, 7) is 2.13. The van der Waals surface area contributed by atoms with Gasteiger partial charge in [0, 0.05) is 18.8 Å². The van der Waals surface area contributed by atoms with Crippen LogP contribution in [0.25, 0.3) is 0 Å². The highest BCUT2D eigenvalue weighted by Crippen LogP contribution is 2.33. The number of rotatable bonds is 7. The third kappa shape index (κ3) is 5.26. The maximum Gasteiger partial charge on any atom is 0.315 e. The molecule has 1 unspecified atom stereocenters. The second-order valence-corrected chi connectivity index (χ2v) is 6.63. The first-order valence-electron chi connectivity index (χ1n) is 9.03. The Morgan fingerprint density at radius 1 is 1.19 bits per heavy atom. The van der Waals surface area contributed by atoms with Crippen molar-refractivity contribution in [1.29, 1.82) is 0 Å². The summed E-state index contributed by atoms with van der Waals surface area (Å²) in [5.41, 5.74) is 1.61. The van der Waals surface area contributed by atoms with Gasteiger partial charge >= 0.3 is 6.03 Å². The molecule has 1 aliphatic rings. The lowest BCUT2D eigenvalue weighted by Crippen LogP contribution is -2.45. The molecule has 1 aromatic carbocycles. The molecule has 0 bridgehead atoms. The molecule has 1 aliphatic carbocycles. The monoisotopic (exact) mass is 370 g/mol. The summed E-state index contributed by atoms with van der Waals surface area (Å²) >= 11 is 0. The van der Waals surface area contributed by atoms with Gasteiger partial charge in [-0.05, 0) is 49.6 Å². The Kier molecular flexibility index (Phi) is 6.01. The number of amides is 3. The number of nitrogens with one attached hydrogen (secondary N) is 2. The van der Waals surface area contributed by atoms with Crippen LogP contribution in [0.15, 0.2) is 48.7 Å². The summed E-state index contributed by atoms with van der Waals surface area (Å²) in [6, 6.07) is 11.1. The van der Waals surface area contributed by atoms with Crippen LogP contribution in [0.3, 0.4) is 0 Å². The number of hydrogen-bond donors (Lipinski definition) is 2. The predicted octanol–water partition coefficient (Wildman–Crippen LogP) is 2.77. The van der Waals surface area contributed by atoms with Gasteiger partial charge in [0.2, 0.25) is 5.91 Å². The first-order valence-corrected chi connectivity index (χ1v) is 9.03. The summed E-state index contributed by atoms with van der Waals surface area (Å²) in [4.78, 5) is 30.8. The Labute approximate surface area is 157 Å². The van der Waals surface area contributed by atoms with Crippen LogP contribution in [0.4, 0.5) is 9.18 Å². The molecule has 0 saturated heterocycles. The Bertz CT molecular complexity index is 778. The van der Waals surface area contributed by atoms with Crippen LogP contribution >= 0.6 is 0 Å². The number of benzene rings is 1. The molecule has 0 radical (unpaired) electrons. The molecule has 1 fully saturated rings. The van der Waals surface area contributed by atoms with Crippen molar-refractivity contribution in [2.45, 2.75) is 38.4 Å². The fourth-order valence-corrected chi connectivity index (χ4v) is 2.95. The van der Waals surface area contributed by atoms with Gasteiger partial charge in [0.15, 0.2) is 0 Å². The molecule has 1 heterocycles. The maximum atomic E-state index is 12.9. The van der Waals surface area contributed by atoms with E-state index in [-0.39, 0.29) is 36.9 Å². The molecule has 2 N–H and O–H groups in total. The Hall–Kier alpha value is -2.96. The molecule has 3 amide bonds. The third-order valence-corrected chi connectivity index (χ3v) is 4.53. The van der Waals surface area contributed by atoms with E-state index in [0.717, 1.165) is 24.1 Å². The Morgan fingerprint density at radius 3 is 2.56 bits per heavy atom. The molecule has 1 atom stereocenters. The normalized spacial score (nSPS) is 14.3. The molecule has 142 valence electrons. The summed E-state index contributed by atoms with van der Waals surface area (Å²) < 4.78 is 12.9. The zero-order valence-electron chi connectivity index (χ0n) is 15.2. The second kappa shape index (κ2) is 8.62. The number of urea groups is 1. The SMILES string of the molecule is CC(c1ccccn1)N(C(=O)CNC(=O)NCc1ccc(F)cc1)C1CC1.